The number of carbonyl (C=O) groups excluding carboxylic acids is 1. The largest absolute Gasteiger partial charge is 0.497 e. The fourth-order valence-corrected chi connectivity index (χ4v) is 4.84. The number of benzene rings is 2. The number of piperidine rings is 1. The molecule has 37 heavy (non-hydrogen) atoms. The third-order valence-corrected chi connectivity index (χ3v) is 7.01. The molecule has 1 saturated heterocycles. The van der Waals surface area contributed by atoms with E-state index in [2.05, 4.69) is 0 Å². The molecule has 1 aliphatic rings. The fraction of sp³-hybridized carbons (Fsp3) is 0.333. The average Bonchev–Trinajstić information content (AvgIpc) is 2.90. The van der Waals surface area contributed by atoms with Crippen molar-refractivity contribution >= 4 is 32.2 Å². The average molecular weight is 615 g/mol. The SMILES string of the molecule is COc1ccc(-c2c(-c3ccc(C#N)c(F)c3)nc(N3CCC(N)CC3)c(=O)n2CCCC(=O)I)cc1. The lowest BCUT2D eigenvalue weighted by Gasteiger charge is -2.31. The lowest BCUT2D eigenvalue weighted by Crippen LogP contribution is -2.43. The van der Waals surface area contributed by atoms with Gasteiger partial charge < -0.3 is 19.9 Å². The zero-order chi connectivity index (χ0) is 26.5. The van der Waals surface area contributed by atoms with Crippen molar-refractivity contribution < 1.29 is 13.9 Å². The Labute approximate surface area is 228 Å². The van der Waals surface area contributed by atoms with Crippen molar-refractivity contribution in [3.63, 3.8) is 0 Å². The zero-order valence-electron chi connectivity index (χ0n) is 20.4. The minimum Gasteiger partial charge on any atom is -0.497 e. The molecule has 2 N–H and O–H groups in total. The molecule has 0 radical (unpaired) electrons. The quantitative estimate of drug-likeness (QED) is 0.298. The third-order valence-electron chi connectivity index (χ3n) is 6.47. The van der Waals surface area contributed by atoms with Crippen LogP contribution in [-0.4, -0.2) is 39.6 Å². The summed E-state index contributed by atoms with van der Waals surface area (Å²) in [5, 5.41) is 9.21. The summed E-state index contributed by atoms with van der Waals surface area (Å²) in [6.45, 7) is 1.45. The van der Waals surface area contributed by atoms with Crippen LogP contribution in [0.4, 0.5) is 10.2 Å². The summed E-state index contributed by atoms with van der Waals surface area (Å²) in [6, 6.07) is 13.4. The summed E-state index contributed by atoms with van der Waals surface area (Å²) >= 11 is 1.75. The van der Waals surface area contributed by atoms with Crippen molar-refractivity contribution in [2.24, 2.45) is 5.73 Å². The van der Waals surface area contributed by atoms with Gasteiger partial charge in [0.2, 0.25) is 0 Å². The summed E-state index contributed by atoms with van der Waals surface area (Å²) in [6.07, 6.45) is 2.23. The molecule has 3 aromatic rings. The third kappa shape index (κ3) is 5.99. The molecule has 0 atom stereocenters. The molecule has 1 aliphatic heterocycles. The molecule has 0 unspecified atom stereocenters. The number of anilines is 1. The van der Waals surface area contributed by atoms with Gasteiger partial charge in [-0.15, -0.1) is 0 Å². The molecule has 2 heterocycles. The van der Waals surface area contributed by atoms with E-state index in [1.165, 1.54) is 12.1 Å². The number of ether oxygens (including phenoxy) is 1. The lowest BCUT2D eigenvalue weighted by atomic mass is 10.0. The second-order valence-corrected chi connectivity index (χ2v) is 10.1. The molecule has 1 aromatic heterocycles. The number of hydrogen-bond donors (Lipinski definition) is 1. The van der Waals surface area contributed by atoms with Crippen molar-refractivity contribution in [3.05, 3.63) is 64.2 Å². The van der Waals surface area contributed by atoms with E-state index in [0.29, 0.717) is 54.2 Å². The summed E-state index contributed by atoms with van der Waals surface area (Å²) in [5.41, 5.74) is 7.79. The van der Waals surface area contributed by atoms with Crippen LogP contribution < -0.4 is 20.9 Å². The van der Waals surface area contributed by atoms with Crippen molar-refractivity contribution in [1.82, 2.24) is 9.55 Å². The molecule has 0 bridgehead atoms. The molecular weight excluding hydrogens is 588 g/mol. The Balaban J connectivity index is 1.97. The van der Waals surface area contributed by atoms with E-state index < -0.39 is 5.82 Å². The van der Waals surface area contributed by atoms with Crippen LogP contribution in [0.1, 0.15) is 31.2 Å². The van der Waals surface area contributed by atoms with Crippen LogP contribution in [0.15, 0.2) is 47.3 Å². The first-order valence-electron chi connectivity index (χ1n) is 12.0. The van der Waals surface area contributed by atoms with E-state index in [4.69, 9.17) is 15.5 Å². The Kier molecular flexibility index (Phi) is 8.56. The minimum absolute atomic E-state index is 0.00494. The summed E-state index contributed by atoms with van der Waals surface area (Å²) in [4.78, 5) is 32.3. The van der Waals surface area contributed by atoms with E-state index >= 15 is 0 Å². The zero-order valence-corrected chi connectivity index (χ0v) is 22.6. The Morgan fingerprint density at radius 1 is 1.22 bits per heavy atom. The highest BCUT2D eigenvalue weighted by Crippen LogP contribution is 2.33. The monoisotopic (exact) mass is 615 g/mol. The van der Waals surface area contributed by atoms with Crippen LogP contribution >= 0.6 is 22.6 Å². The number of nitrogens with zero attached hydrogens (tertiary/aromatic N) is 4. The highest BCUT2D eigenvalue weighted by atomic mass is 127. The number of halogens is 2. The molecule has 0 spiro atoms. The molecule has 4 rings (SSSR count). The molecule has 10 heteroatoms. The first-order valence-corrected chi connectivity index (χ1v) is 13.1. The predicted molar refractivity (Wildman–Crippen MR) is 148 cm³/mol. The Hall–Kier alpha value is -3.30. The van der Waals surface area contributed by atoms with E-state index in [-0.39, 0.29) is 33.3 Å². The fourth-order valence-electron chi connectivity index (χ4n) is 4.46. The first kappa shape index (κ1) is 26.8. The topological polar surface area (TPSA) is 114 Å². The normalized spacial score (nSPS) is 13.9. The van der Waals surface area contributed by atoms with Crippen molar-refractivity contribution in [2.75, 3.05) is 25.1 Å². The number of hydrogen-bond acceptors (Lipinski definition) is 7. The van der Waals surface area contributed by atoms with Gasteiger partial charge in [-0.05, 0) is 78.3 Å². The van der Waals surface area contributed by atoms with Gasteiger partial charge in [0, 0.05) is 43.2 Å². The van der Waals surface area contributed by atoms with E-state index in [0.717, 1.165) is 12.8 Å². The summed E-state index contributed by atoms with van der Waals surface area (Å²) in [5.74, 6) is 0.249. The second-order valence-electron chi connectivity index (χ2n) is 8.91. The molecule has 1 fully saturated rings. The van der Waals surface area contributed by atoms with Crippen LogP contribution in [0, 0.1) is 17.1 Å². The maximum absolute atomic E-state index is 14.7. The Morgan fingerprint density at radius 3 is 2.49 bits per heavy atom. The van der Waals surface area contributed by atoms with Gasteiger partial charge in [0.15, 0.2) is 9.61 Å². The molecule has 0 saturated carbocycles. The minimum atomic E-state index is -0.666. The van der Waals surface area contributed by atoms with Gasteiger partial charge in [0.05, 0.1) is 24.1 Å². The number of methoxy groups -OCH3 is 1. The highest BCUT2D eigenvalue weighted by Gasteiger charge is 2.26. The summed E-state index contributed by atoms with van der Waals surface area (Å²) < 4.78 is 21.7. The highest BCUT2D eigenvalue weighted by molar-refractivity contribution is 14.1. The van der Waals surface area contributed by atoms with Crippen LogP contribution in [0.3, 0.4) is 0 Å². The number of nitriles is 1. The standard InChI is InChI=1S/C27H27FIN5O3/c1-37-21-8-6-17(7-9-21)25-24(18-4-5-19(16-30)22(28)15-18)32-26(33-13-10-20(31)11-14-33)27(36)34(25)12-2-3-23(29)35/h4-9,15,20H,2-3,10-14,31H2,1H3. The molecule has 0 aliphatic carbocycles. The van der Waals surface area contributed by atoms with E-state index in [9.17, 15) is 19.2 Å². The molecule has 8 nitrogen and oxygen atoms in total. The molecule has 192 valence electrons. The molecule has 0 amide bonds. The predicted octanol–water partition coefficient (Wildman–Crippen LogP) is 4.27. The van der Waals surface area contributed by atoms with Crippen LogP contribution in [-0.2, 0) is 11.3 Å². The number of nitrogens with two attached hydrogens (primary N) is 1. The lowest BCUT2D eigenvalue weighted by molar-refractivity contribution is -0.109. The first-order chi connectivity index (χ1) is 17.8. The van der Waals surface area contributed by atoms with Gasteiger partial charge in [-0.1, -0.05) is 6.07 Å². The van der Waals surface area contributed by atoms with Crippen molar-refractivity contribution in [3.8, 4) is 34.3 Å². The Bertz CT molecular complexity index is 1390. The van der Waals surface area contributed by atoms with Gasteiger partial charge >= 0.3 is 0 Å². The maximum Gasteiger partial charge on any atom is 0.294 e. The smallest absolute Gasteiger partial charge is 0.294 e. The number of aromatic nitrogens is 2. The Morgan fingerprint density at radius 2 is 1.89 bits per heavy atom. The van der Waals surface area contributed by atoms with Gasteiger partial charge in [-0.3, -0.25) is 9.59 Å². The number of rotatable bonds is 8. The van der Waals surface area contributed by atoms with Crippen LogP contribution in [0.25, 0.3) is 22.5 Å². The van der Waals surface area contributed by atoms with Crippen molar-refractivity contribution in [2.45, 2.75) is 38.3 Å². The van der Waals surface area contributed by atoms with Gasteiger partial charge in [-0.25, -0.2) is 9.37 Å². The number of carbonyl (C=O) groups is 1. The van der Waals surface area contributed by atoms with Crippen molar-refractivity contribution in [1.29, 1.82) is 5.26 Å². The van der Waals surface area contributed by atoms with Gasteiger partial charge in [-0.2, -0.15) is 5.26 Å². The second kappa shape index (κ2) is 11.8. The van der Waals surface area contributed by atoms with E-state index in [1.54, 1.807) is 52.5 Å². The van der Waals surface area contributed by atoms with Crippen LogP contribution in [0.5, 0.6) is 5.75 Å². The van der Waals surface area contributed by atoms with Gasteiger partial charge in [0.1, 0.15) is 17.6 Å². The van der Waals surface area contributed by atoms with Crippen LogP contribution in [0.2, 0.25) is 0 Å². The van der Waals surface area contributed by atoms with Gasteiger partial charge in [0.25, 0.3) is 5.56 Å². The molecule has 2 aromatic carbocycles. The molecular formula is C27H27FIN5O3. The van der Waals surface area contributed by atoms with E-state index in [1.807, 2.05) is 23.1 Å². The summed E-state index contributed by atoms with van der Waals surface area (Å²) in [7, 11) is 1.57. The maximum atomic E-state index is 14.7.